The van der Waals surface area contributed by atoms with Crippen LogP contribution in [0.5, 0.6) is 0 Å². The molecular weight excluding hydrogens is 226 g/mol. The molecule has 0 saturated carbocycles. The van der Waals surface area contributed by atoms with Gasteiger partial charge >= 0.3 is 6.09 Å². The van der Waals surface area contributed by atoms with Crippen LogP contribution in [0.3, 0.4) is 0 Å². The molecule has 0 atom stereocenters. The fraction of sp³-hybridized carbons (Fsp3) is 0.400. The van der Waals surface area contributed by atoms with E-state index in [9.17, 15) is 4.79 Å². The SMILES string of the molecule is COC(=O)N1CCc2c(sc(N)c2C#N)C1. The van der Waals surface area contributed by atoms with Crippen molar-refractivity contribution in [3.05, 3.63) is 16.0 Å². The van der Waals surface area contributed by atoms with Crippen molar-refractivity contribution in [3.63, 3.8) is 0 Å². The van der Waals surface area contributed by atoms with Gasteiger partial charge in [0, 0.05) is 11.4 Å². The lowest BCUT2D eigenvalue weighted by molar-refractivity contribution is 0.119. The van der Waals surface area contributed by atoms with Crippen molar-refractivity contribution in [1.82, 2.24) is 4.90 Å². The Morgan fingerprint density at radius 1 is 1.69 bits per heavy atom. The number of carbonyl (C=O) groups is 1. The minimum atomic E-state index is -0.337. The van der Waals surface area contributed by atoms with E-state index in [1.807, 2.05) is 0 Å². The topological polar surface area (TPSA) is 79.3 Å². The number of nitrogens with zero attached hydrogens (tertiary/aromatic N) is 2. The van der Waals surface area contributed by atoms with Crippen molar-refractivity contribution in [2.45, 2.75) is 13.0 Å². The Morgan fingerprint density at radius 3 is 3.06 bits per heavy atom. The van der Waals surface area contributed by atoms with Crippen molar-refractivity contribution >= 4 is 22.4 Å². The summed E-state index contributed by atoms with van der Waals surface area (Å²) in [7, 11) is 1.36. The maximum Gasteiger partial charge on any atom is 0.409 e. The Balaban J connectivity index is 2.29. The zero-order chi connectivity index (χ0) is 11.7. The minimum Gasteiger partial charge on any atom is -0.453 e. The molecule has 0 unspecified atom stereocenters. The molecule has 84 valence electrons. The van der Waals surface area contributed by atoms with Crippen molar-refractivity contribution in [1.29, 1.82) is 5.26 Å². The quantitative estimate of drug-likeness (QED) is 0.738. The first-order chi connectivity index (χ1) is 7.67. The zero-order valence-corrected chi connectivity index (χ0v) is 9.63. The molecule has 0 radical (unpaired) electrons. The van der Waals surface area contributed by atoms with Crippen LogP contribution in [0, 0.1) is 11.3 Å². The first-order valence-corrected chi connectivity index (χ1v) is 5.62. The summed E-state index contributed by atoms with van der Waals surface area (Å²) in [5, 5.41) is 9.50. The van der Waals surface area contributed by atoms with Crippen LogP contribution >= 0.6 is 11.3 Å². The van der Waals surface area contributed by atoms with Crippen LogP contribution in [0.1, 0.15) is 16.0 Å². The monoisotopic (exact) mass is 237 g/mol. The van der Waals surface area contributed by atoms with Gasteiger partial charge in [0.15, 0.2) is 0 Å². The lowest BCUT2D eigenvalue weighted by atomic mass is 10.0. The number of anilines is 1. The van der Waals surface area contributed by atoms with Crippen LogP contribution in [0.15, 0.2) is 0 Å². The summed E-state index contributed by atoms with van der Waals surface area (Å²) in [6.07, 6.45) is 0.331. The van der Waals surface area contributed by atoms with Crippen LogP contribution in [-0.4, -0.2) is 24.6 Å². The molecule has 16 heavy (non-hydrogen) atoms. The average Bonchev–Trinajstić information content (AvgIpc) is 2.62. The van der Waals surface area contributed by atoms with E-state index < -0.39 is 0 Å². The molecular formula is C10H11N3O2S. The van der Waals surface area contributed by atoms with Crippen LogP contribution in [-0.2, 0) is 17.7 Å². The van der Waals surface area contributed by atoms with E-state index in [-0.39, 0.29) is 6.09 Å². The third kappa shape index (κ3) is 1.59. The molecule has 2 rings (SSSR count). The van der Waals surface area contributed by atoms with Gasteiger partial charge in [-0.2, -0.15) is 5.26 Å². The predicted octanol–water partition coefficient (Wildman–Crippen LogP) is 1.33. The number of rotatable bonds is 0. The average molecular weight is 237 g/mol. The van der Waals surface area contributed by atoms with Crippen molar-refractivity contribution in [3.8, 4) is 6.07 Å². The van der Waals surface area contributed by atoms with Gasteiger partial charge in [-0.05, 0) is 12.0 Å². The lowest BCUT2D eigenvalue weighted by Gasteiger charge is -2.25. The second-order valence-electron chi connectivity index (χ2n) is 3.50. The van der Waals surface area contributed by atoms with Gasteiger partial charge in [-0.1, -0.05) is 0 Å². The van der Waals surface area contributed by atoms with Gasteiger partial charge in [0.1, 0.15) is 11.1 Å². The van der Waals surface area contributed by atoms with Crippen molar-refractivity contribution in [2.24, 2.45) is 0 Å². The number of amides is 1. The van der Waals surface area contributed by atoms with Gasteiger partial charge in [-0.3, -0.25) is 0 Å². The summed E-state index contributed by atoms with van der Waals surface area (Å²) in [4.78, 5) is 14.0. The molecule has 1 aromatic heterocycles. The standard InChI is InChI=1S/C10H11N3O2S/c1-15-10(14)13-3-2-6-7(4-11)9(12)16-8(6)5-13/h2-3,5,12H2,1H3. The molecule has 2 heterocycles. The Bertz CT molecular complexity index is 475. The molecule has 1 amide bonds. The van der Waals surface area contributed by atoms with E-state index in [1.165, 1.54) is 18.4 Å². The van der Waals surface area contributed by atoms with Crippen LogP contribution in [0.25, 0.3) is 0 Å². The summed E-state index contributed by atoms with van der Waals surface area (Å²) >= 11 is 1.38. The van der Waals surface area contributed by atoms with E-state index >= 15 is 0 Å². The summed E-state index contributed by atoms with van der Waals surface area (Å²) in [6.45, 7) is 1.06. The van der Waals surface area contributed by atoms with Gasteiger partial charge in [-0.25, -0.2) is 4.79 Å². The predicted molar refractivity (Wildman–Crippen MR) is 60.0 cm³/mol. The Labute approximate surface area is 97.0 Å². The molecule has 0 aromatic carbocycles. The van der Waals surface area contributed by atoms with E-state index in [0.29, 0.717) is 30.1 Å². The molecule has 5 nitrogen and oxygen atoms in total. The zero-order valence-electron chi connectivity index (χ0n) is 8.82. The second kappa shape index (κ2) is 4.02. The number of fused-ring (bicyclic) bond motifs is 1. The smallest absolute Gasteiger partial charge is 0.409 e. The van der Waals surface area contributed by atoms with Crippen molar-refractivity contribution < 1.29 is 9.53 Å². The molecule has 1 aliphatic rings. The molecule has 0 aliphatic carbocycles. The van der Waals surface area contributed by atoms with Gasteiger partial charge in [0.25, 0.3) is 0 Å². The number of nitrogen functional groups attached to an aromatic ring is 1. The fourth-order valence-corrected chi connectivity index (χ4v) is 2.92. The van der Waals surface area contributed by atoms with E-state index in [1.54, 1.807) is 4.90 Å². The van der Waals surface area contributed by atoms with Gasteiger partial charge in [-0.15, -0.1) is 11.3 Å². The van der Waals surface area contributed by atoms with Crippen LogP contribution in [0.2, 0.25) is 0 Å². The van der Waals surface area contributed by atoms with Crippen LogP contribution in [0.4, 0.5) is 9.80 Å². The second-order valence-corrected chi connectivity index (χ2v) is 4.63. The third-order valence-electron chi connectivity index (χ3n) is 2.63. The highest BCUT2D eigenvalue weighted by Gasteiger charge is 2.26. The molecule has 2 N–H and O–H groups in total. The van der Waals surface area contributed by atoms with Crippen molar-refractivity contribution in [2.75, 3.05) is 19.4 Å². The number of ether oxygens (including phenoxy) is 1. The summed E-state index contributed by atoms with van der Waals surface area (Å²) in [5.74, 6) is 0. The molecule has 0 spiro atoms. The first-order valence-electron chi connectivity index (χ1n) is 4.80. The number of hydrogen-bond acceptors (Lipinski definition) is 5. The summed E-state index contributed by atoms with van der Waals surface area (Å²) < 4.78 is 4.66. The van der Waals surface area contributed by atoms with Crippen LogP contribution < -0.4 is 5.73 Å². The Kier molecular flexibility index (Phi) is 2.71. The highest BCUT2D eigenvalue weighted by Crippen LogP contribution is 2.34. The highest BCUT2D eigenvalue weighted by atomic mass is 32.1. The van der Waals surface area contributed by atoms with E-state index in [0.717, 1.165) is 10.4 Å². The normalized spacial score (nSPS) is 14.1. The molecule has 0 fully saturated rings. The number of hydrogen-bond donors (Lipinski definition) is 1. The number of methoxy groups -OCH3 is 1. The Morgan fingerprint density at radius 2 is 2.44 bits per heavy atom. The summed E-state index contributed by atoms with van der Waals surface area (Å²) in [5.41, 5.74) is 7.31. The first kappa shape index (κ1) is 10.8. The number of thiophene rings is 1. The molecule has 6 heteroatoms. The molecule has 0 bridgehead atoms. The number of nitrogens with two attached hydrogens (primary N) is 1. The molecule has 0 saturated heterocycles. The largest absolute Gasteiger partial charge is 0.453 e. The van der Waals surface area contributed by atoms with Gasteiger partial charge < -0.3 is 15.4 Å². The molecule has 1 aromatic rings. The lowest BCUT2D eigenvalue weighted by Crippen LogP contribution is -2.35. The maximum atomic E-state index is 11.3. The minimum absolute atomic E-state index is 0.337. The van der Waals surface area contributed by atoms with E-state index in [4.69, 9.17) is 11.0 Å². The molecule has 1 aliphatic heterocycles. The summed E-state index contributed by atoms with van der Waals surface area (Å²) in [6, 6.07) is 2.11. The van der Waals surface area contributed by atoms with Gasteiger partial charge in [0.05, 0.1) is 19.2 Å². The number of carbonyl (C=O) groups excluding carboxylic acids is 1. The maximum absolute atomic E-state index is 11.3. The highest BCUT2D eigenvalue weighted by molar-refractivity contribution is 7.16. The Hall–Kier alpha value is -1.74. The third-order valence-corrected chi connectivity index (χ3v) is 3.67. The van der Waals surface area contributed by atoms with Gasteiger partial charge in [0.2, 0.25) is 0 Å². The fourth-order valence-electron chi connectivity index (χ4n) is 1.83. The van der Waals surface area contributed by atoms with E-state index in [2.05, 4.69) is 10.8 Å². The number of nitriles is 1.